The Morgan fingerprint density at radius 1 is 1.00 bits per heavy atom. The number of nitrogens with two attached hydrogens (primary N) is 1. The van der Waals surface area contributed by atoms with Crippen LogP contribution in [0.3, 0.4) is 0 Å². The number of ether oxygens (including phenoxy) is 2. The van der Waals surface area contributed by atoms with E-state index in [1.165, 1.54) is 26.3 Å². The van der Waals surface area contributed by atoms with Crippen LogP contribution >= 0.6 is 12.2 Å². The average molecular weight is 401 g/mol. The molecule has 0 spiro atoms. The van der Waals surface area contributed by atoms with Crippen LogP contribution in [0.25, 0.3) is 0 Å². The summed E-state index contributed by atoms with van der Waals surface area (Å²) in [4.78, 5) is 36.0. The predicted molar refractivity (Wildman–Crippen MR) is 106 cm³/mol. The van der Waals surface area contributed by atoms with Crippen molar-refractivity contribution in [3.05, 3.63) is 65.2 Å². The maximum atomic E-state index is 12.4. The summed E-state index contributed by atoms with van der Waals surface area (Å²) in [5.41, 5.74) is 9.34. The van der Waals surface area contributed by atoms with Gasteiger partial charge in [-0.3, -0.25) is 20.0 Å². The number of hydrazine groups is 1. The molecule has 2 amide bonds. The van der Waals surface area contributed by atoms with Crippen molar-refractivity contribution in [3.63, 3.8) is 0 Å². The normalized spacial score (nSPS) is 9.93. The summed E-state index contributed by atoms with van der Waals surface area (Å²) in [5, 5.41) is 1.08. The van der Waals surface area contributed by atoms with E-state index in [-0.39, 0.29) is 11.6 Å². The Balaban J connectivity index is 1.96. The molecular formula is C19H19N3O5S. The van der Waals surface area contributed by atoms with Gasteiger partial charge in [-0.15, -0.1) is 0 Å². The third kappa shape index (κ3) is 5.52. The van der Waals surface area contributed by atoms with Crippen LogP contribution in [-0.2, 0) is 9.53 Å². The third-order valence-electron chi connectivity index (χ3n) is 3.69. The van der Waals surface area contributed by atoms with Crippen molar-refractivity contribution in [2.24, 2.45) is 5.73 Å². The Labute approximate surface area is 167 Å². The first-order chi connectivity index (χ1) is 13.3. The minimum atomic E-state index is -0.510. The lowest BCUT2D eigenvalue weighted by atomic mass is 10.1. The number of amides is 2. The molecule has 2 rings (SSSR count). The van der Waals surface area contributed by atoms with Gasteiger partial charge in [-0.2, -0.15) is 0 Å². The van der Waals surface area contributed by atoms with Crippen LogP contribution in [0.1, 0.15) is 26.3 Å². The van der Waals surface area contributed by atoms with Gasteiger partial charge in [0, 0.05) is 23.7 Å². The molecule has 0 fully saturated rings. The highest BCUT2D eigenvalue weighted by molar-refractivity contribution is 7.80. The smallest absolute Gasteiger partial charge is 0.343 e. The Bertz CT molecular complexity index is 881. The maximum absolute atomic E-state index is 12.4. The summed E-state index contributed by atoms with van der Waals surface area (Å²) in [6.07, 6.45) is 0. The Morgan fingerprint density at radius 3 is 2.07 bits per heavy atom. The summed E-state index contributed by atoms with van der Waals surface area (Å²) in [7, 11) is 2.70. The Hall–Kier alpha value is -3.46. The first-order valence-corrected chi connectivity index (χ1v) is 8.51. The summed E-state index contributed by atoms with van der Waals surface area (Å²) in [6.45, 7) is -0.229. The molecule has 0 unspecified atom stereocenters. The van der Waals surface area contributed by atoms with E-state index in [0.717, 1.165) is 5.01 Å². The second-order valence-electron chi connectivity index (χ2n) is 5.64. The van der Waals surface area contributed by atoms with Crippen LogP contribution in [-0.4, -0.2) is 48.5 Å². The largest absolute Gasteiger partial charge is 0.482 e. The number of nitrogens with zero attached hydrogens (tertiary/aromatic N) is 1. The van der Waals surface area contributed by atoms with Gasteiger partial charge in [0.25, 0.3) is 11.8 Å². The Kier molecular flexibility index (Phi) is 7.05. The molecule has 0 aliphatic heterocycles. The minimum Gasteiger partial charge on any atom is -0.482 e. The Morgan fingerprint density at radius 2 is 1.54 bits per heavy atom. The highest BCUT2D eigenvalue weighted by atomic mass is 32.1. The zero-order valence-corrected chi connectivity index (χ0v) is 16.1. The van der Waals surface area contributed by atoms with E-state index >= 15 is 0 Å². The highest BCUT2D eigenvalue weighted by Crippen LogP contribution is 2.13. The molecule has 2 aromatic carbocycles. The van der Waals surface area contributed by atoms with E-state index in [2.05, 4.69) is 10.2 Å². The number of hydrogen-bond donors (Lipinski definition) is 2. The average Bonchev–Trinajstić information content (AvgIpc) is 2.71. The standard InChI is InChI=1S/C19H19N3O5S/c1-22(21-18(24)13-5-3-12(4-6-13)17(20)28)19(25)14-7-9-15(10-8-14)27-11-16(23)26-2/h3-10H,11H2,1-2H3,(H2,20,28)(H,21,24). The summed E-state index contributed by atoms with van der Waals surface area (Å²) >= 11 is 4.87. The van der Waals surface area contributed by atoms with Crippen molar-refractivity contribution >= 4 is 35.0 Å². The number of methoxy groups -OCH3 is 1. The van der Waals surface area contributed by atoms with Crippen molar-refractivity contribution in [1.82, 2.24) is 10.4 Å². The highest BCUT2D eigenvalue weighted by Gasteiger charge is 2.15. The van der Waals surface area contributed by atoms with Gasteiger partial charge in [-0.1, -0.05) is 24.4 Å². The van der Waals surface area contributed by atoms with Gasteiger partial charge in [-0.05, 0) is 36.4 Å². The van der Waals surface area contributed by atoms with Crippen molar-refractivity contribution in [1.29, 1.82) is 0 Å². The lowest BCUT2D eigenvalue weighted by Crippen LogP contribution is -2.43. The monoisotopic (exact) mass is 401 g/mol. The second-order valence-corrected chi connectivity index (χ2v) is 6.08. The fourth-order valence-corrected chi connectivity index (χ4v) is 2.28. The predicted octanol–water partition coefficient (Wildman–Crippen LogP) is 1.29. The van der Waals surface area contributed by atoms with Crippen molar-refractivity contribution in [2.45, 2.75) is 0 Å². The molecule has 0 atom stereocenters. The van der Waals surface area contributed by atoms with Gasteiger partial charge in [0.15, 0.2) is 6.61 Å². The molecule has 0 bridgehead atoms. The fourth-order valence-electron chi connectivity index (χ4n) is 2.14. The van der Waals surface area contributed by atoms with E-state index in [4.69, 9.17) is 22.7 Å². The van der Waals surface area contributed by atoms with Gasteiger partial charge in [0.1, 0.15) is 10.7 Å². The number of thiocarbonyl (C=S) groups is 1. The lowest BCUT2D eigenvalue weighted by molar-refractivity contribution is -0.142. The molecule has 3 N–H and O–H groups in total. The van der Waals surface area contributed by atoms with Crippen molar-refractivity contribution in [3.8, 4) is 5.75 Å². The van der Waals surface area contributed by atoms with Crippen LogP contribution < -0.4 is 15.9 Å². The molecule has 28 heavy (non-hydrogen) atoms. The quantitative estimate of drug-likeness (QED) is 0.426. The van der Waals surface area contributed by atoms with Crippen LogP contribution in [0.15, 0.2) is 48.5 Å². The fraction of sp³-hybridized carbons (Fsp3) is 0.158. The number of rotatable bonds is 6. The SMILES string of the molecule is COC(=O)COc1ccc(C(=O)N(C)NC(=O)c2ccc(C(N)=S)cc2)cc1. The molecule has 9 heteroatoms. The molecule has 0 radical (unpaired) electrons. The molecule has 146 valence electrons. The minimum absolute atomic E-state index is 0.229. The van der Waals surface area contributed by atoms with Gasteiger partial charge >= 0.3 is 5.97 Å². The molecule has 0 aliphatic carbocycles. The zero-order valence-electron chi connectivity index (χ0n) is 15.3. The number of benzene rings is 2. The number of esters is 1. The van der Waals surface area contributed by atoms with Gasteiger partial charge in [-0.25, -0.2) is 4.79 Å². The molecule has 8 nitrogen and oxygen atoms in total. The van der Waals surface area contributed by atoms with Crippen LogP contribution in [0.2, 0.25) is 0 Å². The van der Waals surface area contributed by atoms with E-state index in [0.29, 0.717) is 22.4 Å². The van der Waals surface area contributed by atoms with E-state index < -0.39 is 17.8 Å². The van der Waals surface area contributed by atoms with Gasteiger partial charge < -0.3 is 15.2 Å². The van der Waals surface area contributed by atoms with Gasteiger partial charge in [0.05, 0.1) is 7.11 Å². The molecule has 0 heterocycles. The van der Waals surface area contributed by atoms with E-state index in [9.17, 15) is 14.4 Å². The summed E-state index contributed by atoms with van der Waals surface area (Å²) in [5.74, 6) is -0.980. The second kappa shape index (κ2) is 9.47. The molecule has 0 aromatic heterocycles. The number of nitrogens with one attached hydrogen (secondary N) is 1. The first-order valence-electron chi connectivity index (χ1n) is 8.10. The van der Waals surface area contributed by atoms with Crippen LogP contribution in [0, 0.1) is 0 Å². The van der Waals surface area contributed by atoms with Crippen LogP contribution in [0.4, 0.5) is 0 Å². The summed E-state index contributed by atoms with van der Waals surface area (Å²) in [6, 6.07) is 12.5. The molecule has 2 aromatic rings. The van der Waals surface area contributed by atoms with Crippen molar-refractivity contribution in [2.75, 3.05) is 20.8 Å². The molecular weight excluding hydrogens is 382 g/mol. The van der Waals surface area contributed by atoms with E-state index in [1.807, 2.05) is 0 Å². The maximum Gasteiger partial charge on any atom is 0.343 e. The number of hydrogen-bond acceptors (Lipinski definition) is 6. The zero-order chi connectivity index (χ0) is 20.7. The number of carbonyl (C=O) groups is 3. The summed E-state index contributed by atoms with van der Waals surface area (Å²) < 4.78 is 9.69. The molecule has 0 saturated heterocycles. The third-order valence-corrected chi connectivity index (χ3v) is 3.93. The van der Waals surface area contributed by atoms with Crippen molar-refractivity contribution < 1.29 is 23.9 Å². The number of carbonyl (C=O) groups excluding carboxylic acids is 3. The first kappa shape index (κ1) is 20.8. The van der Waals surface area contributed by atoms with Crippen LogP contribution in [0.5, 0.6) is 5.75 Å². The van der Waals surface area contributed by atoms with E-state index in [1.54, 1.807) is 36.4 Å². The van der Waals surface area contributed by atoms with Gasteiger partial charge in [0.2, 0.25) is 0 Å². The molecule has 0 aliphatic rings. The molecule has 0 saturated carbocycles. The topological polar surface area (TPSA) is 111 Å². The lowest BCUT2D eigenvalue weighted by Gasteiger charge is -2.18.